The van der Waals surface area contributed by atoms with E-state index in [4.69, 9.17) is 34.1 Å². The zero-order valence-corrected chi connectivity index (χ0v) is 85.9. The van der Waals surface area contributed by atoms with E-state index in [0.29, 0.717) is 5.56 Å². The minimum Gasteiger partial charge on any atom is -0.481 e. The fourth-order valence-electron chi connectivity index (χ4n) is 14.6. The fourth-order valence-corrected chi connectivity index (χ4v) is 15.1. The number of rotatable bonds is 70. The highest BCUT2D eigenvalue weighted by molar-refractivity contribution is 7.80. The summed E-state index contributed by atoms with van der Waals surface area (Å²) in [4.78, 5) is 338. The standard InChI is InChI=1S/C90H146N26O30S2/c1-11-45(8)71(115-80(136)53(24-28-70(127)128)104-78(134)52(23-27-69(125)126)105-84(140)61(41-148)113-85(141)62-20-16-30-116(62)88(144)54(19-15-29-97-90(95)96)107-82(138)56(32-43(4)5)108-77(133)50(21-25-63(92)119)102-66(122)36-98-74(130)49(91)39-117)86(142)111-57(34-48-17-13-12-14-18-48)75(131)99-37-67(123)103-60(40-147)76(132)100-38-68(124)114-72(47(10)118)87(143)106-51(22-26-64(93)120)79(135)110-58(35-65(94)121)83(139)109-55(31-42(2)3)81(137)101-46(9)73(129)112-59(89(145)146)33-44(6)7/h12-14,17-18,42-47,49-62,71-72,117-118,147-148H,11,15-16,19-41,91H2,1-10H3,(H2,92,119)(H2,93,120)(H2,94,121)(H,98,130)(H,99,131)(H,100,132)(H,101,137)(H,102,122)(H,103,123)(H,104,134)(H,105,140)(H,106,143)(H,107,138)(H,108,133)(H,109,139)(H,110,135)(H,111,142)(H,112,129)(H,113,141)(H,114,124)(H,115,136)(H,125,126)(H,127,128)(H,145,146)(H4,95,96,97)/t45-,46-,47+,49-,50-,51-,52-,53-,54-,55-,56-,57-,58-,59-,60-,61-,62-,71-,72-/m0/s1. The van der Waals surface area contributed by atoms with Crippen LogP contribution in [0, 0.1) is 29.1 Å². The number of carbonyl (C=O) groups excluding carboxylic acids is 22. The molecule has 19 atom stereocenters. The second-order valence-corrected chi connectivity index (χ2v) is 37.4. The molecule has 828 valence electrons. The number of carboxylic acids is 3. The van der Waals surface area contributed by atoms with Crippen molar-refractivity contribution in [2.24, 2.45) is 52.3 Å². The predicted molar refractivity (Wildman–Crippen MR) is 532 cm³/mol. The van der Waals surface area contributed by atoms with Gasteiger partial charge in [-0.15, -0.1) is 0 Å². The van der Waals surface area contributed by atoms with Crippen LogP contribution in [0.3, 0.4) is 0 Å². The van der Waals surface area contributed by atoms with Gasteiger partial charge in [-0.3, -0.25) is 120 Å². The number of benzene rings is 1. The van der Waals surface area contributed by atoms with Crippen LogP contribution in [0.15, 0.2) is 30.3 Å². The summed E-state index contributed by atoms with van der Waals surface area (Å²) in [6.45, 7) is 12.0. The Morgan fingerprint density at radius 3 is 1.25 bits per heavy atom. The zero-order chi connectivity index (χ0) is 112. The molecule has 0 aliphatic carbocycles. The Morgan fingerprint density at radius 2 is 0.797 bits per heavy atom. The third-order valence-electron chi connectivity index (χ3n) is 22.7. The summed E-state index contributed by atoms with van der Waals surface area (Å²) >= 11 is 8.40. The quantitative estimate of drug-likeness (QED) is 0.0125. The number of hydrogen-bond donors (Lipinski definition) is 32. The average Bonchev–Trinajstić information content (AvgIpc) is 1.65. The van der Waals surface area contributed by atoms with Crippen molar-refractivity contribution in [1.82, 2.24) is 106 Å². The molecule has 1 aliphatic heterocycles. The van der Waals surface area contributed by atoms with Gasteiger partial charge in [0.15, 0.2) is 5.96 Å². The van der Waals surface area contributed by atoms with E-state index < -0.39 is 358 Å². The summed E-state index contributed by atoms with van der Waals surface area (Å²) in [7, 11) is 0. The molecule has 2 rings (SSSR count). The van der Waals surface area contributed by atoms with Crippen LogP contribution >= 0.6 is 25.3 Å². The van der Waals surface area contributed by atoms with Crippen LogP contribution < -0.4 is 130 Å². The number of nitrogens with zero attached hydrogens (tertiary/aromatic N) is 1. The van der Waals surface area contributed by atoms with Crippen LogP contribution in [-0.2, 0) is 126 Å². The molecule has 1 aromatic rings. The zero-order valence-electron chi connectivity index (χ0n) is 84.1. The number of aliphatic carboxylic acids is 3. The summed E-state index contributed by atoms with van der Waals surface area (Å²) in [6.07, 6.45) is -8.26. The molecule has 56 nitrogen and oxygen atoms in total. The normalized spacial score (nSPS) is 15.8. The molecule has 1 heterocycles. The number of aliphatic hydroxyl groups excluding tert-OH is 2. The minimum absolute atomic E-state index is 0.0105. The number of carbonyl (C=O) groups is 25. The van der Waals surface area contributed by atoms with Gasteiger partial charge in [-0.25, -0.2) is 4.79 Å². The molecule has 0 saturated carbocycles. The second-order valence-electron chi connectivity index (χ2n) is 36.7. The molecule has 1 aromatic carbocycles. The number of thiol groups is 2. The number of primary amides is 3. The Morgan fingerprint density at radius 1 is 0.412 bits per heavy atom. The SMILES string of the molecule is CC[C@H](C)[C@H](NC(=O)[C@H](CCC(=O)O)NC(=O)[C@H](CCC(=O)O)NC(=O)[C@H](CS)NC(=O)[C@@H]1CCCN1C(=O)[C@H](CCCNC(=N)N)NC(=O)[C@H](CC(C)C)NC(=O)[C@H](CCC(N)=O)NC(=O)CNC(=O)[C@@H](N)CO)C(=O)N[C@@H](Cc1ccccc1)C(=O)NCC(=O)N[C@@H](CS)C(=O)NCC(=O)N[C@H](C(=O)N[C@@H](CCC(N)=O)C(=O)N[C@@H](CC(N)=O)C(=O)N[C@@H](CC(C)C)C(=O)N[C@@H](C)C(=O)N[C@@H](CC(C)C)C(=O)O)[C@@H](C)O. The van der Waals surface area contributed by atoms with Crippen molar-refractivity contribution < 1.29 is 145 Å². The van der Waals surface area contributed by atoms with Crippen LogP contribution in [0.5, 0.6) is 0 Å². The molecule has 0 bridgehead atoms. The predicted octanol–water partition coefficient (Wildman–Crippen LogP) is -10.9. The van der Waals surface area contributed by atoms with Gasteiger partial charge in [0.1, 0.15) is 103 Å². The van der Waals surface area contributed by atoms with Gasteiger partial charge < -0.3 is 160 Å². The van der Waals surface area contributed by atoms with Crippen LogP contribution in [0.25, 0.3) is 0 Å². The second kappa shape index (κ2) is 66.8. The summed E-state index contributed by atoms with van der Waals surface area (Å²) in [5.74, 6) is -30.8. The topological polar surface area (TPSA) is 914 Å². The molecule has 1 fully saturated rings. The van der Waals surface area contributed by atoms with Crippen molar-refractivity contribution in [3.63, 3.8) is 0 Å². The van der Waals surface area contributed by atoms with Crippen LogP contribution in [-0.4, -0.2) is 344 Å². The molecule has 0 aromatic heterocycles. The number of aliphatic hydroxyl groups is 2. The first-order valence-corrected chi connectivity index (χ1v) is 49.2. The van der Waals surface area contributed by atoms with Crippen molar-refractivity contribution in [3.8, 4) is 0 Å². The van der Waals surface area contributed by atoms with Gasteiger partial charge in [0.05, 0.1) is 38.8 Å². The molecule has 58 heteroatoms. The number of hydrogen-bond acceptors (Lipinski definition) is 31. The largest absolute Gasteiger partial charge is 0.481 e. The molecule has 35 N–H and O–H groups in total. The molecule has 0 spiro atoms. The van der Waals surface area contributed by atoms with Gasteiger partial charge in [0, 0.05) is 56.7 Å². The van der Waals surface area contributed by atoms with Gasteiger partial charge >= 0.3 is 17.9 Å². The first-order valence-electron chi connectivity index (χ1n) is 47.9. The smallest absolute Gasteiger partial charge is 0.326 e. The van der Waals surface area contributed by atoms with E-state index in [1.807, 2.05) is 0 Å². The molecule has 0 radical (unpaired) electrons. The van der Waals surface area contributed by atoms with Gasteiger partial charge in [-0.2, -0.15) is 25.3 Å². The summed E-state index contributed by atoms with van der Waals surface area (Å²) in [6, 6.07) is -19.5. The third-order valence-corrected chi connectivity index (χ3v) is 23.4. The van der Waals surface area contributed by atoms with Gasteiger partial charge in [-0.05, 0) is 114 Å². The van der Waals surface area contributed by atoms with Crippen molar-refractivity contribution >= 4 is 179 Å². The maximum absolute atomic E-state index is 14.8. The lowest BCUT2D eigenvalue weighted by atomic mass is 9.96. The van der Waals surface area contributed by atoms with Crippen molar-refractivity contribution in [1.29, 1.82) is 5.41 Å². The van der Waals surface area contributed by atoms with Gasteiger partial charge in [0.2, 0.25) is 130 Å². The minimum atomic E-state index is -1.97. The lowest BCUT2D eigenvalue weighted by Gasteiger charge is -2.31. The highest BCUT2D eigenvalue weighted by Crippen LogP contribution is 2.22. The lowest BCUT2D eigenvalue weighted by molar-refractivity contribution is -0.143. The monoisotopic (exact) mass is 2140 g/mol. The van der Waals surface area contributed by atoms with E-state index in [1.54, 1.807) is 78.8 Å². The lowest BCUT2D eigenvalue weighted by Crippen LogP contribution is -2.61. The first kappa shape index (κ1) is 130. The van der Waals surface area contributed by atoms with Gasteiger partial charge in [-0.1, -0.05) is 92.1 Å². The Balaban J connectivity index is 2.41. The Kier molecular flexibility index (Phi) is 58.7. The molecular formula is C90H146N26O30S2. The summed E-state index contributed by atoms with van der Waals surface area (Å²) in [5, 5.41) is 102. The van der Waals surface area contributed by atoms with E-state index in [-0.39, 0.29) is 95.1 Å². The maximum atomic E-state index is 14.8. The molecule has 22 amide bonds. The number of nitrogens with one attached hydrogen (secondary N) is 20. The fraction of sp³-hybridized carbons (Fsp3) is 0.644. The van der Waals surface area contributed by atoms with Crippen LogP contribution in [0.4, 0.5) is 0 Å². The first-order chi connectivity index (χ1) is 69.4. The van der Waals surface area contributed by atoms with Crippen molar-refractivity contribution in [2.45, 2.75) is 294 Å². The number of guanidine groups is 1. The van der Waals surface area contributed by atoms with E-state index in [0.717, 1.165) is 11.8 Å². The van der Waals surface area contributed by atoms with Crippen molar-refractivity contribution in [3.05, 3.63) is 35.9 Å². The highest BCUT2D eigenvalue weighted by atomic mass is 32.1. The maximum Gasteiger partial charge on any atom is 0.326 e. The Bertz CT molecular complexity index is 4790. The van der Waals surface area contributed by atoms with E-state index in [1.165, 1.54) is 13.8 Å². The molecule has 1 aliphatic rings. The van der Waals surface area contributed by atoms with E-state index in [9.17, 15) is 145 Å². The van der Waals surface area contributed by atoms with Gasteiger partial charge in [0.25, 0.3) is 0 Å². The molecule has 148 heavy (non-hydrogen) atoms. The number of carboxylic acid groups (broad SMARTS) is 3. The van der Waals surface area contributed by atoms with Crippen molar-refractivity contribution in [2.75, 3.05) is 50.8 Å². The average molecular weight is 2140 g/mol. The van der Waals surface area contributed by atoms with E-state index in [2.05, 4.69) is 126 Å². The molecular weight excluding hydrogens is 1990 g/mol. The third kappa shape index (κ3) is 49.3. The van der Waals surface area contributed by atoms with Crippen LogP contribution in [0.2, 0.25) is 0 Å². The Labute approximate surface area is 864 Å². The Hall–Kier alpha value is -14.2. The summed E-state index contributed by atoms with van der Waals surface area (Å²) < 4.78 is 0. The summed E-state index contributed by atoms with van der Waals surface area (Å²) in [5.41, 5.74) is 27.6. The number of amides is 22. The number of likely N-dealkylation sites (tertiary alicyclic amines) is 1. The number of nitrogens with two attached hydrogens (primary N) is 5. The molecule has 1 saturated heterocycles. The van der Waals surface area contributed by atoms with E-state index >= 15 is 0 Å². The van der Waals surface area contributed by atoms with Crippen LogP contribution in [0.1, 0.15) is 184 Å². The highest BCUT2D eigenvalue weighted by Gasteiger charge is 2.43. The molecule has 0 unspecified atom stereocenters.